The van der Waals surface area contributed by atoms with Crippen LogP contribution in [0.3, 0.4) is 0 Å². The highest BCUT2D eigenvalue weighted by molar-refractivity contribution is 5.76. The van der Waals surface area contributed by atoms with Crippen molar-refractivity contribution in [1.29, 1.82) is 0 Å². The van der Waals surface area contributed by atoms with E-state index in [0.29, 0.717) is 13.0 Å². The normalized spacial score (nSPS) is 10.4. The van der Waals surface area contributed by atoms with Gasteiger partial charge in [0.2, 0.25) is 5.91 Å². The summed E-state index contributed by atoms with van der Waals surface area (Å²) in [6, 6.07) is 0. The molecule has 0 rings (SSSR count). The first-order valence-corrected chi connectivity index (χ1v) is 6.64. The van der Waals surface area contributed by atoms with E-state index in [0.717, 1.165) is 25.8 Å². The average Bonchev–Trinajstić information content (AvgIpc) is 2.28. The summed E-state index contributed by atoms with van der Waals surface area (Å²) in [4.78, 5) is 13.5. The van der Waals surface area contributed by atoms with Crippen molar-refractivity contribution in [2.75, 3.05) is 19.7 Å². The Morgan fingerprint density at radius 3 is 2.25 bits per heavy atom. The second-order valence-electron chi connectivity index (χ2n) is 4.27. The summed E-state index contributed by atoms with van der Waals surface area (Å²) in [5, 5.41) is 8.86. The monoisotopic (exact) mass is 229 g/mol. The number of nitrogens with zero attached hydrogens (tertiary/aromatic N) is 1. The maximum absolute atomic E-state index is 11.8. The van der Waals surface area contributed by atoms with Crippen molar-refractivity contribution >= 4 is 5.91 Å². The molecule has 0 aliphatic heterocycles. The summed E-state index contributed by atoms with van der Waals surface area (Å²) in [5.74, 6) is 0.201. The molecule has 0 aliphatic carbocycles. The van der Waals surface area contributed by atoms with Crippen LogP contribution >= 0.6 is 0 Å². The Morgan fingerprint density at radius 2 is 1.69 bits per heavy atom. The third-order valence-electron chi connectivity index (χ3n) is 2.71. The van der Waals surface area contributed by atoms with E-state index in [-0.39, 0.29) is 12.5 Å². The van der Waals surface area contributed by atoms with Crippen LogP contribution in [-0.2, 0) is 4.79 Å². The molecule has 0 fully saturated rings. The van der Waals surface area contributed by atoms with Gasteiger partial charge in [0.25, 0.3) is 0 Å². The standard InChI is InChI=1S/C13H27NO2/c1-3-5-6-7-8-9-13(16)14(10-4-2)11-12-15/h15H,3-12H2,1-2H3. The van der Waals surface area contributed by atoms with Gasteiger partial charge in [-0.05, 0) is 12.8 Å². The van der Waals surface area contributed by atoms with Crippen LogP contribution in [0.25, 0.3) is 0 Å². The zero-order valence-electron chi connectivity index (χ0n) is 10.9. The Hall–Kier alpha value is -0.570. The lowest BCUT2D eigenvalue weighted by Crippen LogP contribution is -2.34. The smallest absolute Gasteiger partial charge is 0.222 e. The third kappa shape index (κ3) is 7.69. The summed E-state index contributed by atoms with van der Waals surface area (Å²) < 4.78 is 0. The number of unbranched alkanes of at least 4 members (excludes halogenated alkanes) is 4. The number of amides is 1. The van der Waals surface area contributed by atoms with Gasteiger partial charge in [0.05, 0.1) is 6.61 Å². The predicted molar refractivity (Wildman–Crippen MR) is 67.3 cm³/mol. The molecule has 0 saturated carbocycles. The van der Waals surface area contributed by atoms with Crippen LogP contribution < -0.4 is 0 Å². The topological polar surface area (TPSA) is 40.5 Å². The molecule has 0 aromatic carbocycles. The molecule has 0 unspecified atom stereocenters. The van der Waals surface area contributed by atoms with Crippen LogP contribution in [0.4, 0.5) is 0 Å². The van der Waals surface area contributed by atoms with E-state index in [2.05, 4.69) is 13.8 Å². The highest BCUT2D eigenvalue weighted by Crippen LogP contribution is 2.07. The third-order valence-corrected chi connectivity index (χ3v) is 2.71. The number of hydrogen-bond donors (Lipinski definition) is 1. The molecule has 3 nitrogen and oxygen atoms in total. The van der Waals surface area contributed by atoms with E-state index in [4.69, 9.17) is 5.11 Å². The van der Waals surface area contributed by atoms with Gasteiger partial charge in [-0.25, -0.2) is 0 Å². The van der Waals surface area contributed by atoms with E-state index in [1.54, 1.807) is 4.90 Å². The average molecular weight is 229 g/mol. The maximum Gasteiger partial charge on any atom is 0.222 e. The molecule has 0 saturated heterocycles. The van der Waals surface area contributed by atoms with Crippen molar-refractivity contribution in [2.24, 2.45) is 0 Å². The molecule has 0 atom stereocenters. The number of aliphatic hydroxyl groups is 1. The predicted octanol–water partition coefficient (Wildman–Crippen LogP) is 2.58. The van der Waals surface area contributed by atoms with E-state index < -0.39 is 0 Å². The van der Waals surface area contributed by atoms with Gasteiger partial charge in [-0.2, -0.15) is 0 Å². The second kappa shape index (κ2) is 10.9. The van der Waals surface area contributed by atoms with E-state index >= 15 is 0 Å². The van der Waals surface area contributed by atoms with Crippen molar-refractivity contribution in [3.05, 3.63) is 0 Å². The fourth-order valence-corrected chi connectivity index (χ4v) is 1.79. The molecular formula is C13H27NO2. The van der Waals surface area contributed by atoms with Crippen LogP contribution in [0.15, 0.2) is 0 Å². The molecule has 0 spiro atoms. The maximum atomic E-state index is 11.8. The van der Waals surface area contributed by atoms with Gasteiger partial charge in [0, 0.05) is 19.5 Å². The Kier molecular flexibility index (Phi) is 10.5. The molecule has 0 aliphatic rings. The molecule has 0 radical (unpaired) electrons. The molecule has 96 valence electrons. The van der Waals surface area contributed by atoms with Crippen LogP contribution in [0, 0.1) is 0 Å². The first-order chi connectivity index (χ1) is 7.76. The molecule has 0 aromatic rings. The Balaban J connectivity index is 3.65. The zero-order chi connectivity index (χ0) is 12.2. The lowest BCUT2D eigenvalue weighted by atomic mass is 10.1. The van der Waals surface area contributed by atoms with Crippen LogP contribution in [0.2, 0.25) is 0 Å². The second-order valence-corrected chi connectivity index (χ2v) is 4.27. The number of aliphatic hydroxyl groups excluding tert-OH is 1. The summed E-state index contributed by atoms with van der Waals surface area (Å²) in [5.41, 5.74) is 0. The zero-order valence-corrected chi connectivity index (χ0v) is 10.9. The molecular weight excluding hydrogens is 202 g/mol. The molecule has 0 bridgehead atoms. The van der Waals surface area contributed by atoms with Crippen molar-refractivity contribution in [2.45, 2.75) is 58.8 Å². The molecule has 0 aromatic heterocycles. The first-order valence-electron chi connectivity index (χ1n) is 6.64. The fourth-order valence-electron chi connectivity index (χ4n) is 1.79. The van der Waals surface area contributed by atoms with E-state index in [1.807, 2.05) is 0 Å². The minimum atomic E-state index is 0.0710. The lowest BCUT2D eigenvalue weighted by molar-refractivity contribution is -0.131. The summed E-state index contributed by atoms with van der Waals surface area (Å²) in [7, 11) is 0. The van der Waals surface area contributed by atoms with Gasteiger partial charge in [-0.3, -0.25) is 4.79 Å². The van der Waals surface area contributed by atoms with Gasteiger partial charge in [-0.1, -0.05) is 39.5 Å². The summed E-state index contributed by atoms with van der Waals surface area (Å²) in [6.07, 6.45) is 7.48. The van der Waals surface area contributed by atoms with E-state index in [9.17, 15) is 4.79 Å². The first kappa shape index (κ1) is 15.4. The van der Waals surface area contributed by atoms with Gasteiger partial charge >= 0.3 is 0 Å². The largest absolute Gasteiger partial charge is 0.395 e. The summed E-state index contributed by atoms with van der Waals surface area (Å²) in [6.45, 7) is 5.58. The molecule has 1 amide bonds. The molecule has 0 heterocycles. The molecule has 3 heteroatoms. The minimum Gasteiger partial charge on any atom is -0.395 e. The Morgan fingerprint density at radius 1 is 1.00 bits per heavy atom. The van der Waals surface area contributed by atoms with Gasteiger partial charge in [-0.15, -0.1) is 0 Å². The van der Waals surface area contributed by atoms with Gasteiger partial charge in [0.1, 0.15) is 0 Å². The SMILES string of the molecule is CCCCCCCC(=O)N(CCC)CCO. The fraction of sp³-hybridized carbons (Fsp3) is 0.923. The number of carbonyl (C=O) groups excluding carboxylic acids is 1. The number of carbonyl (C=O) groups is 1. The van der Waals surface area contributed by atoms with Crippen molar-refractivity contribution in [3.63, 3.8) is 0 Å². The Labute approximate surface area is 99.8 Å². The number of hydrogen-bond acceptors (Lipinski definition) is 2. The van der Waals surface area contributed by atoms with Crippen molar-refractivity contribution in [3.8, 4) is 0 Å². The number of rotatable bonds is 10. The highest BCUT2D eigenvalue weighted by Gasteiger charge is 2.10. The van der Waals surface area contributed by atoms with Crippen molar-refractivity contribution in [1.82, 2.24) is 4.90 Å². The van der Waals surface area contributed by atoms with Gasteiger partial charge in [0.15, 0.2) is 0 Å². The van der Waals surface area contributed by atoms with Gasteiger partial charge < -0.3 is 10.0 Å². The Bertz CT molecular complexity index is 165. The van der Waals surface area contributed by atoms with Crippen LogP contribution in [0.1, 0.15) is 58.8 Å². The van der Waals surface area contributed by atoms with Crippen LogP contribution in [0.5, 0.6) is 0 Å². The highest BCUT2D eigenvalue weighted by atomic mass is 16.3. The van der Waals surface area contributed by atoms with Crippen LogP contribution in [-0.4, -0.2) is 35.6 Å². The summed E-state index contributed by atoms with van der Waals surface area (Å²) >= 11 is 0. The molecule has 1 N–H and O–H groups in total. The minimum absolute atomic E-state index is 0.0710. The van der Waals surface area contributed by atoms with Crippen molar-refractivity contribution < 1.29 is 9.90 Å². The molecule has 16 heavy (non-hydrogen) atoms. The lowest BCUT2D eigenvalue weighted by Gasteiger charge is -2.20. The quantitative estimate of drug-likeness (QED) is 0.585. The van der Waals surface area contributed by atoms with E-state index in [1.165, 1.54) is 19.3 Å².